The van der Waals surface area contributed by atoms with E-state index in [2.05, 4.69) is 0 Å². The molecule has 4 heteroatoms. The van der Waals surface area contributed by atoms with Gasteiger partial charge in [0, 0.05) is 6.61 Å². The van der Waals surface area contributed by atoms with Crippen LogP contribution in [0.1, 0.15) is 27.7 Å². The molecule has 0 aliphatic rings. The third-order valence-corrected chi connectivity index (χ3v) is 1.86. The maximum absolute atomic E-state index is 10.7. The Morgan fingerprint density at radius 3 is 2.50 bits per heavy atom. The molecule has 4 nitrogen and oxygen atoms in total. The number of hydrogen-bond donors (Lipinski definition) is 1. The van der Waals surface area contributed by atoms with Crippen LogP contribution in [0.2, 0.25) is 0 Å². The highest BCUT2D eigenvalue weighted by Crippen LogP contribution is 2.16. The van der Waals surface area contributed by atoms with Crippen LogP contribution in [0.3, 0.4) is 0 Å². The topological polar surface area (TPSA) is 55.8 Å². The fraction of sp³-hybridized carbons (Fsp3) is 0.900. The van der Waals surface area contributed by atoms with E-state index in [9.17, 15) is 4.79 Å². The van der Waals surface area contributed by atoms with Crippen molar-refractivity contribution in [3.8, 4) is 0 Å². The van der Waals surface area contributed by atoms with Crippen LogP contribution >= 0.6 is 0 Å². The van der Waals surface area contributed by atoms with Crippen molar-refractivity contribution in [2.75, 3.05) is 19.8 Å². The van der Waals surface area contributed by atoms with Gasteiger partial charge in [-0.05, 0) is 27.7 Å². The third kappa shape index (κ3) is 5.19. The highest BCUT2D eigenvalue weighted by molar-refractivity contribution is 5.73. The first-order chi connectivity index (χ1) is 6.40. The largest absolute Gasteiger partial charge is 0.481 e. The number of carboxylic acids is 1. The first-order valence-electron chi connectivity index (χ1n) is 4.83. The second-order valence-electron chi connectivity index (χ2n) is 3.97. The number of aliphatic carboxylic acids is 1. The van der Waals surface area contributed by atoms with Gasteiger partial charge in [0.05, 0.1) is 24.7 Å². The summed E-state index contributed by atoms with van der Waals surface area (Å²) in [5.74, 6) is -0.846. The number of carboxylic acid groups (broad SMARTS) is 1. The lowest BCUT2D eigenvalue weighted by Crippen LogP contribution is -2.32. The molecular formula is C10H20O4. The van der Waals surface area contributed by atoms with E-state index in [0.717, 1.165) is 0 Å². The summed E-state index contributed by atoms with van der Waals surface area (Å²) >= 11 is 0. The zero-order valence-corrected chi connectivity index (χ0v) is 9.37. The Labute approximate surface area is 85.2 Å². The molecular weight excluding hydrogens is 184 g/mol. The highest BCUT2D eigenvalue weighted by Gasteiger charge is 2.28. The van der Waals surface area contributed by atoms with Gasteiger partial charge in [0.15, 0.2) is 0 Å². The quantitative estimate of drug-likeness (QED) is 0.683. The van der Waals surface area contributed by atoms with E-state index in [1.165, 1.54) is 0 Å². The monoisotopic (exact) mass is 204 g/mol. The van der Waals surface area contributed by atoms with Gasteiger partial charge in [0.25, 0.3) is 0 Å². The van der Waals surface area contributed by atoms with E-state index in [-0.39, 0.29) is 12.7 Å². The van der Waals surface area contributed by atoms with Crippen LogP contribution in [0, 0.1) is 5.41 Å². The Morgan fingerprint density at radius 2 is 2.07 bits per heavy atom. The molecule has 1 N–H and O–H groups in total. The molecule has 0 aliphatic heterocycles. The van der Waals surface area contributed by atoms with Crippen molar-refractivity contribution in [1.29, 1.82) is 0 Å². The molecule has 0 amide bonds. The summed E-state index contributed by atoms with van der Waals surface area (Å²) in [4.78, 5) is 10.7. The molecule has 1 atom stereocenters. The van der Waals surface area contributed by atoms with Crippen molar-refractivity contribution >= 4 is 5.97 Å². The first kappa shape index (κ1) is 13.4. The molecule has 1 unspecified atom stereocenters. The average molecular weight is 204 g/mol. The predicted octanol–water partition coefficient (Wildman–Crippen LogP) is 1.54. The summed E-state index contributed by atoms with van der Waals surface area (Å²) < 4.78 is 10.5. The van der Waals surface area contributed by atoms with Crippen LogP contribution in [-0.2, 0) is 14.3 Å². The molecule has 0 fully saturated rings. The lowest BCUT2D eigenvalue weighted by atomic mass is 9.95. The molecule has 0 aromatic rings. The fourth-order valence-electron chi connectivity index (χ4n) is 0.744. The van der Waals surface area contributed by atoms with Gasteiger partial charge in [-0.1, -0.05) is 0 Å². The van der Waals surface area contributed by atoms with E-state index in [1.54, 1.807) is 13.8 Å². The maximum atomic E-state index is 10.7. The Bertz CT molecular complexity index is 177. The van der Waals surface area contributed by atoms with Gasteiger partial charge in [0.1, 0.15) is 0 Å². The smallest absolute Gasteiger partial charge is 0.311 e. The number of rotatable bonds is 7. The lowest BCUT2D eigenvalue weighted by molar-refractivity contribution is -0.152. The predicted molar refractivity (Wildman–Crippen MR) is 53.3 cm³/mol. The van der Waals surface area contributed by atoms with Crippen molar-refractivity contribution < 1.29 is 19.4 Å². The van der Waals surface area contributed by atoms with E-state index in [0.29, 0.717) is 13.2 Å². The zero-order valence-electron chi connectivity index (χ0n) is 9.37. The third-order valence-electron chi connectivity index (χ3n) is 1.86. The van der Waals surface area contributed by atoms with Crippen LogP contribution in [0.25, 0.3) is 0 Å². The van der Waals surface area contributed by atoms with Crippen molar-refractivity contribution in [3.63, 3.8) is 0 Å². The van der Waals surface area contributed by atoms with Crippen molar-refractivity contribution in [1.82, 2.24) is 0 Å². The van der Waals surface area contributed by atoms with E-state index in [4.69, 9.17) is 14.6 Å². The number of carbonyl (C=O) groups is 1. The van der Waals surface area contributed by atoms with Crippen LogP contribution in [0.5, 0.6) is 0 Å². The minimum Gasteiger partial charge on any atom is -0.481 e. The maximum Gasteiger partial charge on any atom is 0.311 e. The summed E-state index contributed by atoms with van der Waals surface area (Å²) in [5.41, 5.74) is -0.833. The Balaban J connectivity index is 3.75. The molecule has 0 saturated carbocycles. The highest BCUT2D eigenvalue weighted by atomic mass is 16.5. The molecule has 14 heavy (non-hydrogen) atoms. The molecule has 0 saturated heterocycles. The Kier molecular flexibility index (Phi) is 5.72. The van der Waals surface area contributed by atoms with E-state index in [1.807, 2.05) is 13.8 Å². The summed E-state index contributed by atoms with van der Waals surface area (Å²) in [6, 6.07) is 0. The molecule has 0 bridgehead atoms. The zero-order chi connectivity index (χ0) is 11.2. The molecule has 0 spiro atoms. The SMILES string of the molecule is CCOCC(C)OCC(C)(C)C(=O)O. The van der Waals surface area contributed by atoms with Gasteiger partial charge in [0.2, 0.25) is 0 Å². The van der Waals surface area contributed by atoms with Crippen LogP contribution in [0.15, 0.2) is 0 Å². The normalized spacial score (nSPS) is 14.0. The number of hydrogen-bond acceptors (Lipinski definition) is 3. The van der Waals surface area contributed by atoms with E-state index >= 15 is 0 Å². The van der Waals surface area contributed by atoms with Crippen LogP contribution < -0.4 is 0 Å². The summed E-state index contributed by atoms with van der Waals surface area (Å²) in [6.45, 7) is 8.42. The van der Waals surface area contributed by atoms with Crippen molar-refractivity contribution in [2.45, 2.75) is 33.8 Å². The van der Waals surface area contributed by atoms with Gasteiger partial charge in [-0.15, -0.1) is 0 Å². The average Bonchev–Trinajstić information content (AvgIpc) is 2.11. The second-order valence-corrected chi connectivity index (χ2v) is 3.97. The van der Waals surface area contributed by atoms with Gasteiger partial charge in [-0.25, -0.2) is 0 Å². The van der Waals surface area contributed by atoms with Gasteiger partial charge >= 0.3 is 5.97 Å². The minimum absolute atomic E-state index is 0.0615. The van der Waals surface area contributed by atoms with Gasteiger partial charge in [-0.2, -0.15) is 0 Å². The summed E-state index contributed by atoms with van der Waals surface area (Å²) in [6.07, 6.45) is -0.0615. The molecule has 0 aliphatic carbocycles. The van der Waals surface area contributed by atoms with Crippen molar-refractivity contribution in [3.05, 3.63) is 0 Å². The number of ether oxygens (including phenoxy) is 2. The molecule has 0 rings (SSSR count). The second kappa shape index (κ2) is 5.98. The molecule has 0 radical (unpaired) electrons. The fourth-order valence-corrected chi connectivity index (χ4v) is 0.744. The molecule has 84 valence electrons. The van der Waals surface area contributed by atoms with Crippen molar-refractivity contribution in [2.24, 2.45) is 5.41 Å². The summed E-state index contributed by atoms with van der Waals surface area (Å²) in [5, 5.41) is 8.82. The van der Waals surface area contributed by atoms with E-state index < -0.39 is 11.4 Å². The minimum atomic E-state index is -0.846. The molecule has 0 aromatic carbocycles. The van der Waals surface area contributed by atoms with Gasteiger partial charge in [-0.3, -0.25) is 4.79 Å². The molecule has 0 aromatic heterocycles. The standard InChI is InChI=1S/C10H20O4/c1-5-13-6-8(2)14-7-10(3,4)9(11)12/h8H,5-7H2,1-4H3,(H,11,12). The lowest BCUT2D eigenvalue weighted by Gasteiger charge is -2.21. The Morgan fingerprint density at radius 1 is 1.50 bits per heavy atom. The van der Waals surface area contributed by atoms with Gasteiger partial charge < -0.3 is 14.6 Å². The van der Waals surface area contributed by atoms with Crippen LogP contribution in [-0.4, -0.2) is 37.0 Å². The van der Waals surface area contributed by atoms with Crippen LogP contribution in [0.4, 0.5) is 0 Å². The Hall–Kier alpha value is -0.610. The molecule has 0 heterocycles. The first-order valence-corrected chi connectivity index (χ1v) is 4.83. The summed E-state index contributed by atoms with van der Waals surface area (Å²) in [7, 11) is 0.